The zero-order chi connectivity index (χ0) is 42.2. The van der Waals surface area contributed by atoms with E-state index < -0.39 is 18.1 Å². The van der Waals surface area contributed by atoms with Crippen LogP contribution in [0.5, 0.6) is 0 Å². The Bertz CT molecular complexity index is 2370. The van der Waals surface area contributed by atoms with Crippen LogP contribution in [-0.4, -0.2) is 88.7 Å². The second kappa shape index (κ2) is 17.1. The van der Waals surface area contributed by atoms with Crippen LogP contribution in [0.4, 0.5) is 4.79 Å². The number of carbonyl (C=O) groups is 4. The molecule has 13 heteroatoms. The van der Waals surface area contributed by atoms with E-state index in [1.807, 2.05) is 62.0 Å². The normalized spacial score (nSPS) is 19.8. The van der Waals surface area contributed by atoms with Crippen molar-refractivity contribution in [3.05, 3.63) is 71.3 Å². The van der Waals surface area contributed by atoms with Gasteiger partial charge in [-0.1, -0.05) is 45.9 Å². The number of aliphatic imine (C=N–C) groups is 1. The molecule has 5 heterocycles. The first-order valence-corrected chi connectivity index (χ1v) is 21.5. The number of amides is 3. The molecule has 4 atom stereocenters. The fourth-order valence-corrected chi connectivity index (χ4v) is 9.59. The van der Waals surface area contributed by atoms with Crippen molar-refractivity contribution < 1.29 is 33.1 Å². The molecule has 2 fully saturated rings. The molecule has 60 heavy (non-hydrogen) atoms. The minimum absolute atomic E-state index is 0.0125. The topological polar surface area (TPSA) is 159 Å². The third-order valence-electron chi connectivity index (χ3n) is 12.9. The van der Waals surface area contributed by atoms with Gasteiger partial charge in [-0.15, -0.1) is 0 Å². The first kappa shape index (κ1) is 41.0. The molecule has 2 N–H and O–H groups in total. The summed E-state index contributed by atoms with van der Waals surface area (Å²) in [5.41, 5.74) is 9.53. The Morgan fingerprint density at radius 3 is 2.37 bits per heavy atom. The van der Waals surface area contributed by atoms with Crippen molar-refractivity contribution in [2.24, 2.45) is 22.7 Å². The van der Waals surface area contributed by atoms with Crippen LogP contribution in [0, 0.1) is 17.8 Å². The number of aryl methyl sites for hydroxylation is 2. The van der Waals surface area contributed by atoms with Crippen LogP contribution >= 0.6 is 0 Å². The number of nitrogens with one attached hydrogen (secondary N) is 2. The molecule has 13 nitrogen and oxygen atoms in total. The van der Waals surface area contributed by atoms with Crippen LogP contribution in [0.25, 0.3) is 39.1 Å². The Morgan fingerprint density at radius 1 is 0.883 bits per heavy atom. The number of nitrogens with zero attached hydrogens (tertiary/aromatic N) is 4. The molecule has 0 bridgehead atoms. The number of allylic oxidation sites excluding steroid dienone is 1. The number of ether oxygens (including phenoxy) is 2. The Balaban J connectivity index is 0.982. The molecule has 0 radical (unpaired) electrons. The lowest BCUT2D eigenvalue weighted by atomic mass is 9.90. The molecular weight excluding hydrogens is 761 g/mol. The quantitative estimate of drug-likeness (QED) is 0.144. The van der Waals surface area contributed by atoms with E-state index in [0.29, 0.717) is 19.5 Å². The minimum Gasteiger partial charge on any atom is -0.469 e. The van der Waals surface area contributed by atoms with Gasteiger partial charge in [0.1, 0.15) is 23.2 Å². The lowest BCUT2D eigenvalue weighted by Gasteiger charge is -2.30. The SMILES string of the molecule is COC(=O)C[C@H](C(=O)N1CCC[C@H]1C1=NC=C(c2ccc3c(c2)CCCc2c-3oc3ccc(-c4cnc([C@@H]5CCCN5C(=O)[C@@H](NC(=O)OC)C(C)C)[nH]4)cc23)C1)C(C)C. The number of imidazole rings is 1. The number of furan rings is 1. The Morgan fingerprint density at radius 2 is 1.63 bits per heavy atom. The van der Waals surface area contributed by atoms with Crippen LogP contribution < -0.4 is 5.32 Å². The van der Waals surface area contributed by atoms with E-state index in [-0.39, 0.29) is 48.1 Å². The molecule has 0 unspecified atom stereocenters. The van der Waals surface area contributed by atoms with Gasteiger partial charge >= 0.3 is 12.1 Å². The average Bonchev–Trinajstić information content (AvgIpc) is 4.10. The van der Waals surface area contributed by atoms with Crippen LogP contribution in [0.3, 0.4) is 0 Å². The van der Waals surface area contributed by atoms with Crippen LogP contribution in [0.1, 0.15) is 101 Å². The van der Waals surface area contributed by atoms with Crippen molar-refractivity contribution >= 4 is 46.1 Å². The largest absolute Gasteiger partial charge is 0.469 e. The number of hydrogen-bond acceptors (Lipinski definition) is 9. The zero-order valence-electron chi connectivity index (χ0n) is 35.5. The van der Waals surface area contributed by atoms with Crippen molar-refractivity contribution in [2.75, 3.05) is 27.3 Å². The lowest BCUT2D eigenvalue weighted by molar-refractivity contribution is -0.148. The molecule has 1 aliphatic carbocycles. The predicted octanol–water partition coefficient (Wildman–Crippen LogP) is 8.03. The summed E-state index contributed by atoms with van der Waals surface area (Å²) >= 11 is 0. The van der Waals surface area contributed by atoms with Crippen molar-refractivity contribution in [1.82, 2.24) is 25.1 Å². The second-order valence-electron chi connectivity index (χ2n) is 17.3. The van der Waals surface area contributed by atoms with E-state index in [1.54, 1.807) is 0 Å². The number of rotatable bonds is 11. The fourth-order valence-electron chi connectivity index (χ4n) is 9.59. The van der Waals surface area contributed by atoms with Gasteiger partial charge in [0.25, 0.3) is 0 Å². The summed E-state index contributed by atoms with van der Waals surface area (Å²) in [6.45, 7) is 9.05. The first-order valence-electron chi connectivity index (χ1n) is 21.5. The number of hydrogen-bond donors (Lipinski definition) is 2. The van der Waals surface area contributed by atoms with Gasteiger partial charge in [0.15, 0.2) is 0 Å². The third-order valence-corrected chi connectivity index (χ3v) is 12.9. The number of carbonyl (C=O) groups excluding carboxylic acids is 4. The highest BCUT2D eigenvalue weighted by molar-refractivity contribution is 6.04. The van der Waals surface area contributed by atoms with Crippen molar-refractivity contribution in [3.8, 4) is 22.6 Å². The minimum atomic E-state index is -0.694. The molecule has 4 aliphatic rings. The molecule has 2 saturated heterocycles. The molecule has 2 aromatic heterocycles. The first-order chi connectivity index (χ1) is 28.9. The molecule has 2 aromatic carbocycles. The number of H-pyrrole nitrogens is 1. The molecule has 316 valence electrons. The van der Waals surface area contributed by atoms with Gasteiger partial charge in [-0.25, -0.2) is 9.78 Å². The van der Waals surface area contributed by atoms with E-state index in [2.05, 4.69) is 34.6 Å². The summed E-state index contributed by atoms with van der Waals surface area (Å²) in [7, 11) is 2.66. The average molecular weight is 817 g/mol. The van der Waals surface area contributed by atoms with Crippen molar-refractivity contribution in [2.45, 2.75) is 104 Å². The Kier molecular flexibility index (Phi) is 11.7. The summed E-state index contributed by atoms with van der Waals surface area (Å²) in [5.74, 6) is 0.653. The number of aromatic amines is 1. The van der Waals surface area contributed by atoms with Gasteiger partial charge in [0, 0.05) is 53.5 Å². The molecular formula is C47H56N6O7. The maximum atomic E-state index is 13.8. The summed E-state index contributed by atoms with van der Waals surface area (Å²) in [6, 6.07) is 11.9. The summed E-state index contributed by atoms with van der Waals surface area (Å²) in [4.78, 5) is 68.6. The van der Waals surface area contributed by atoms with E-state index in [9.17, 15) is 19.2 Å². The number of likely N-dealkylation sites (tertiary alicyclic amines) is 2. The van der Waals surface area contributed by atoms with E-state index in [1.165, 1.54) is 25.3 Å². The van der Waals surface area contributed by atoms with E-state index >= 15 is 0 Å². The predicted molar refractivity (Wildman–Crippen MR) is 229 cm³/mol. The maximum Gasteiger partial charge on any atom is 0.407 e. The highest BCUT2D eigenvalue weighted by Crippen LogP contribution is 2.42. The van der Waals surface area contributed by atoms with Gasteiger partial charge in [-0.2, -0.15) is 0 Å². The van der Waals surface area contributed by atoms with Gasteiger partial charge in [-0.3, -0.25) is 19.4 Å². The number of alkyl carbamates (subject to hydrolysis) is 1. The number of aromatic nitrogens is 2. The molecule has 3 amide bonds. The van der Waals surface area contributed by atoms with Crippen LogP contribution in [0.15, 0.2) is 58.2 Å². The standard InChI is InChI=1S/C47H56N6O7/c1-26(2)34(23-41(54)58-5)45(55)52-18-8-12-38(52)36-22-31(24-48-36)28-14-16-32-29(20-28)10-7-11-33-35-21-30(15-17-40(35)60-43(32)33)37-25-49-44(50-37)39-13-9-19-53(39)46(56)42(27(3)4)51-47(57)59-6/h14-17,20-21,24-27,34,38-39,42H,7-13,18-19,22-23H2,1-6H3,(H,49,50)(H,51,57)/t34-,38-,39-,42-/m0/s1. The summed E-state index contributed by atoms with van der Waals surface area (Å²) in [6.07, 6.45) is 10.1. The van der Waals surface area contributed by atoms with Crippen molar-refractivity contribution in [3.63, 3.8) is 0 Å². The third kappa shape index (κ3) is 7.86. The molecule has 8 rings (SSSR count). The van der Waals surface area contributed by atoms with E-state index in [4.69, 9.17) is 23.9 Å². The molecule has 3 aliphatic heterocycles. The van der Waals surface area contributed by atoms with Gasteiger partial charge in [0.05, 0.1) is 50.5 Å². The van der Waals surface area contributed by atoms with Crippen LogP contribution in [0.2, 0.25) is 0 Å². The highest BCUT2D eigenvalue weighted by atomic mass is 16.5. The highest BCUT2D eigenvalue weighted by Gasteiger charge is 2.40. The molecule has 0 saturated carbocycles. The number of benzene rings is 2. The molecule has 0 spiro atoms. The van der Waals surface area contributed by atoms with E-state index in [0.717, 1.165) is 101 Å². The zero-order valence-corrected chi connectivity index (χ0v) is 35.5. The van der Waals surface area contributed by atoms with Gasteiger partial charge < -0.3 is 34.0 Å². The maximum absolute atomic E-state index is 13.8. The van der Waals surface area contributed by atoms with Crippen molar-refractivity contribution in [1.29, 1.82) is 0 Å². The number of esters is 1. The van der Waals surface area contributed by atoms with Gasteiger partial charge in [-0.05, 0) is 91.7 Å². The Labute approximate surface area is 351 Å². The second-order valence-corrected chi connectivity index (χ2v) is 17.3. The van der Waals surface area contributed by atoms with Gasteiger partial charge in [0.2, 0.25) is 11.8 Å². The monoisotopic (exact) mass is 816 g/mol. The summed E-state index contributed by atoms with van der Waals surface area (Å²) < 4.78 is 16.3. The number of fused-ring (bicyclic) bond motifs is 5. The summed E-state index contributed by atoms with van der Waals surface area (Å²) in [5, 5.41) is 3.80. The molecule has 4 aromatic rings. The van der Waals surface area contributed by atoms with Crippen LogP contribution in [-0.2, 0) is 36.7 Å². The smallest absolute Gasteiger partial charge is 0.407 e. The lowest BCUT2D eigenvalue weighted by Crippen LogP contribution is -2.51. The Hall–Kier alpha value is -5.72. The fraction of sp³-hybridized carbons (Fsp3) is 0.489. The number of methoxy groups -OCH3 is 2.